The Bertz CT molecular complexity index is 663. The summed E-state index contributed by atoms with van der Waals surface area (Å²) in [5.41, 5.74) is 6.33. The van der Waals surface area contributed by atoms with Gasteiger partial charge in [0.15, 0.2) is 0 Å². The van der Waals surface area contributed by atoms with Crippen LogP contribution in [0, 0.1) is 5.41 Å². The molecule has 1 fully saturated rings. The minimum Gasteiger partial charge on any atom is -0.348 e. The maximum absolute atomic E-state index is 6.03. The topological polar surface area (TPSA) is 30.5 Å². The van der Waals surface area contributed by atoms with Crippen molar-refractivity contribution in [3.05, 3.63) is 71.8 Å². The van der Waals surface area contributed by atoms with Gasteiger partial charge in [-0.3, -0.25) is 5.01 Å². The number of nitrogens with one attached hydrogen (secondary N) is 2. The predicted molar refractivity (Wildman–Crippen MR) is 106 cm³/mol. The third kappa shape index (κ3) is 4.39. The normalized spacial score (nSPS) is 19.6. The number of hydrogen-bond acceptors (Lipinski definition) is 4. The molecule has 5 heteroatoms. The van der Waals surface area contributed by atoms with E-state index in [4.69, 9.17) is 11.6 Å². The summed E-state index contributed by atoms with van der Waals surface area (Å²) >= 11 is 6.03. The van der Waals surface area contributed by atoms with E-state index >= 15 is 0 Å². The van der Waals surface area contributed by atoms with Gasteiger partial charge in [0.05, 0.1) is 11.4 Å². The highest BCUT2D eigenvalue weighted by Gasteiger charge is 2.36. The van der Waals surface area contributed by atoms with Crippen LogP contribution in [0.1, 0.15) is 32.8 Å². The molecule has 0 aliphatic carbocycles. The standard InChI is InChI=1S/C20H29ClN4/c1-8-20(5,6)19-23-24(7)16(4)22-14(2)15(3)25(19)13-17-9-11-18(21)12-10-17/h9-12,19,22-23H,2-4,8,13H2,1,5-7H3. The Hall–Kier alpha value is -1.91. The van der Waals surface area contributed by atoms with Gasteiger partial charge in [-0.1, -0.05) is 64.2 Å². The first kappa shape index (κ1) is 19.4. The van der Waals surface area contributed by atoms with Gasteiger partial charge in [-0.15, -0.1) is 0 Å². The average molecular weight is 361 g/mol. The van der Waals surface area contributed by atoms with Crippen molar-refractivity contribution >= 4 is 11.6 Å². The largest absolute Gasteiger partial charge is 0.348 e. The predicted octanol–water partition coefficient (Wildman–Crippen LogP) is 4.44. The highest BCUT2D eigenvalue weighted by molar-refractivity contribution is 6.30. The van der Waals surface area contributed by atoms with Gasteiger partial charge in [0.25, 0.3) is 0 Å². The molecule has 1 heterocycles. The highest BCUT2D eigenvalue weighted by Crippen LogP contribution is 2.33. The maximum Gasteiger partial charge on any atom is 0.113 e. The molecule has 1 atom stereocenters. The lowest BCUT2D eigenvalue weighted by atomic mass is 9.85. The smallest absolute Gasteiger partial charge is 0.113 e. The summed E-state index contributed by atoms with van der Waals surface area (Å²) in [6.45, 7) is 19.9. The van der Waals surface area contributed by atoms with E-state index in [-0.39, 0.29) is 11.6 Å². The van der Waals surface area contributed by atoms with E-state index in [2.05, 4.69) is 56.2 Å². The lowest BCUT2D eigenvalue weighted by Crippen LogP contribution is -2.60. The Balaban J connectivity index is 2.42. The monoisotopic (exact) mass is 360 g/mol. The Morgan fingerprint density at radius 3 is 2.32 bits per heavy atom. The van der Waals surface area contributed by atoms with Crippen LogP contribution in [0.4, 0.5) is 0 Å². The van der Waals surface area contributed by atoms with Crippen LogP contribution in [-0.4, -0.2) is 23.1 Å². The van der Waals surface area contributed by atoms with Gasteiger partial charge in [-0.2, -0.15) is 0 Å². The number of hydrazine groups is 1. The molecule has 1 aliphatic heterocycles. The van der Waals surface area contributed by atoms with E-state index in [1.165, 1.54) is 5.56 Å². The Morgan fingerprint density at radius 1 is 1.16 bits per heavy atom. The van der Waals surface area contributed by atoms with Gasteiger partial charge < -0.3 is 10.2 Å². The van der Waals surface area contributed by atoms with Crippen molar-refractivity contribution in [1.82, 2.24) is 20.7 Å². The van der Waals surface area contributed by atoms with Gasteiger partial charge in [0, 0.05) is 18.6 Å². The first-order valence-corrected chi connectivity index (χ1v) is 8.88. The first-order chi connectivity index (χ1) is 11.7. The van der Waals surface area contributed by atoms with Crippen LogP contribution >= 0.6 is 11.6 Å². The van der Waals surface area contributed by atoms with Crippen molar-refractivity contribution in [3.8, 4) is 0 Å². The van der Waals surface area contributed by atoms with Gasteiger partial charge in [0.1, 0.15) is 12.0 Å². The van der Waals surface area contributed by atoms with E-state index in [0.29, 0.717) is 6.54 Å². The molecule has 1 aliphatic rings. The molecule has 25 heavy (non-hydrogen) atoms. The second-order valence-corrected chi connectivity index (χ2v) is 7.62. The minimum atomic E-state index is 0.00151. The molecule has 2 rings (SSSR count). The van der Waals surface area contributed by atoms with Crippen molar-refractivity contribution in [1.29, 1.82) is 0 Å². The summed E-state index contributed by atoms with van der Waals surface area (Å²) in [7, 11) is 1.95. The fraction of sp³-hybridized carbons (Fsp3) is 0.400. The van der Waals surface area contributed by atoms with Crippen molar-refractivity contribution in [2.75, 3.05) is 7.05 Å². The third-order valence-electron chi connectivity index (χ3n) is 4.94. The molecular weight excluding hydrogens is 332 g/mol. The molecule has 0 radical (unpaired) electrons. The van der Waals surface area contributed by atoms with Crippen LogP contribution in [0.2, 0.25) is 5.02 Å². The number of benzene rings is 1. The molecule has 1 aromatic carbocycles. The van der Waals surface area contributed by atoms with Crippen LogP contribution in [0.25, 0.3) is 0 Å². The van der Waals surface area contributed by atoms with Crippen molar-refractivity contribution in [3.63, 3.8) is 0 Å². The maximum atomic E-state index is 6.03. The van der Waals surface area contributed by atoms with E-state index in [1.807, 2.05) is 36.3 Å². The summed E-state index contributed by atoms with van der Waals surface area (Å²) in [6.07, 6.45) is 1.04. The number of hydrogen-bond donors (Lipinski definition) is 2. The molecule has 1 saturated heterocycles. The number of rotatable bonds is 4. The van der Waals surface area contributed by atoms with Crippen molar-refractivity contribution in [2.24, 2.45) is 5.41 Å². The van der Waals surface area contributed by atoms with Crippen molar-refractivity contribution < 1.29 is 0 Å². The zero-order chi connectivity index (χ0) is 18.8. The van der Waals surface area contributed by atoms with E-state index in [1.54, 1.807) is 0 Å². The Labute approximate surface area is 156 Å². The zero-order valence-corrected chi connectivity index (χ0v) is 16.5. The molecule has 0 spiro atoms. The Morgan fingerprint density at radius 2 is 1.76 bits per heavy atom. The van der Waals surface area contributed by atoms with Crippen LogP contribution in [0.5, 0.6) is 0 Å². The molecule has 0 bridgehead atoms. The van der Waals surface area contributed by atoms with Crippen LogP contribution in [0.3, 0.4) is 0 Å². The molecule has 0 aromatic heterocycles. The second kappa shape index (κ2) is 7.54. The molecule has 1 aromatic rings. The SMILES string of the molecule is C=C1NC(=C)N(C)NC(C(C)(C)CC)N(Cc2ccc(Cl)cc2)C1=C. The first-order valence-electron chi connectivity index (χ1n) is 8.51. The summed E-state index contributed by atoms with van der Waals surface area (Å²) < 4.78 is 0. The minimum absolute atomic E-state index is 0.00151. The van der Waals surface area contributed by atoms with E-state index in [9.17, 15) is 0 Å². The fourth-order valence-electron chi connectivity index (χ4n) is 2.75. The van der Waals surface area contributed by atoms with Crippen LogP contribution in [-0.2, 0) is 6.54 Å². The number of halogens is 1. The van der Waals surface area contributed by atoms with Crippen molar-refractivity contribution in [2.45, 2.75) is 39.9 Å². The molecule has 0 saturated carbocycles. The van der Waals surface area contributed by atoms with Gasteiger partial charge in [0.2, 0.25) is 0 Å². The molecule has 0 amide bonds. The van der Waals surface area contributed by atoms with Gasteiger partial charge >= 0.3 is 0 Å². The molecule has 2 N–H and O–H groups in total. The van der Waals surface area contributed by atoms with Gasteiger partial charge in [-0.05, 0) is 29.5 Å². The van der Waals surface area contributed by atoms with E-state index < -0.39 is 0 Å². The lowest BCUT2D eigenvalue weighted by molar-refractivity contribution is 0.0227. The highest BCUT2D eigenvalue weighted by atomic mass is 35.5. The summed E-state index contributed by atoms with van der Waals surface area (Å²) in [6, 6.07) is 7.92. The fourth-order valence-corrected chi connectivity index (χ4v) is 2.88. The quantitative estimate of drug-likeness (QED) is 0.830. The average Bonchev–Trinajstić information content (AvgIpc) is 2.57. The summed E-state index contributed by atoms with van der Waals surface area (Å²) in [5, 5.41) is 5.86. The number of nitrogens with zero attached hydrogens (tertiary/aromatic N) is 2. The molecule has 1 unspecified atom stereocenters. The van der Waals surface area contributed by atoms with Gasteiger partial charge in [-0.25, -0.2) is 5.43 Å². The lowest BCUT2D eigenvalue weighted by Gasteiger charge is -2.48. The van der Waals surface area contributed by atoms with E-state index in [0.717, 1.165) is 28.7 Å². The second-order valence-electron chi connectivity index (χ2n) is 7.18. The van der Waals surface area contributed by atoms with Crippen LogP contribution in [0.15, 0.2) is 61.2 Å². The third-order valence-corrected chi connectivity index (χ3v) is 5.19. The van der Waals surface area contributed by atoms with Crippen LogP contribution < -0.4 is 10.7 Å². The summed E-state index contributed by atoms with van der Waals surface area (Å²) in [4.78, 5) is 2.25. The molecular formula is C20H29ClN4. The molecule has 4 nitrogen and oxygen atoms in total. The Kier molecular flexibility index (Phi) is 5.86. The summed E-state index contributed by atoms with van der Waals surface area (Å²) in [5.74, 6) is 0.745. The molecule has 136 valence electrons. The zero-order valence-electron chi connectivity index (χ0n) is 15.7.